The van der Waals surface area contributed by atoms with E-state index in [1.807, 2.05) is 0 Å². The highest BCUT2D eigenvalue weighted by Gasteiger charge is 2.65. The average molecular weight is 264 g/mol. The highest BCUT2D eigenvalue weighted by molar-refractivity contribution is 5.87. The molecule has 2 rings (SSSR count). The third-order valence-corrected chi connectivity index (χ3v) is 4.69. The summed E-state index contributed by atoms with van der Waals surface area (Å²) < 4.78 is 1.44. The lowest BCUT2D eigenvalue weighted by atomic mass is 10.0. The van der Waals surface area contributed by atoms with E-state index in [1.54, 1.807) is 12.3 Å². The number of carbonyl (C=O) groups is 2. The number of nitrogens with one attached hydrogen (secondary N) is 1. The number of carboxylic acids is 1. The molecule has 0 radical (unpaired) electrons. The summed E-state index contributed by atoms with van der Waals surface area (Å²) in [5.74, 6) is -1.17. The standard InChI is InChI=1S/C14H20N2O3/c1-13(2)12(14(13,3)4)15-10(17)8-16-7-5-6-9(16)11(18)19/h5-7,12H,8H2,1-4H3,(H,15,17)(H,18,19). The largest absolute Gasteiger partial charge is 0.477 e. The highest BCUT2D eigenvalue weighted by atomic mass is 16.4. The predicted octanol–water partition coefficient (Wildman–Crippen LogP) is 1.74. The molecule has 104 valence electrons. The van der Waals surface area contributed by atoms with Crippen molar-refractivity contribution in [3.8, 4) is 0 Å². The van der Waals surface area contributed by atoms with Gasteiger partial charge in [-0.15, -0.1) is 0 Å². The number of aromatic nitrogens is 1. The fraction of sp³-hybridized carbons (Fsp3) is 0.571. The zero-order chi connectivity index (χ0) is 14.4. The fourth-order valence-corrected chi connectivity index (χ4v) is 2.66. The van der Waals surface area contributed by atoms with E-state index >= 15 is 0 Å². The van der Waals surface area contributed by atoms with Gasteiger partial charge in [0.2, 0.25) is 5.91 Å². The summed E-state index contributed by atoms with van der Waals surface area (Å²) in [7, 11) is 0. The smallest absolute Gasteiger partial charge is 0.352 e. The zero-order valence-corrected chi connectivity index (χ0v) is 11.7. The second-order valence-electron chi connectivity index (χ2n) is 6.27. The van der Waals surface area contributed by atoms with Gasteiger partial charge in [-0.25, -0.2) is 4.79 Å². The van der Waals surface area contributed by atoms with Gasteiger partial charge in [-0.2, -0.15) is 0 Å². The van der Waals surface area contributed by atoms with E-state index in [2.05, 4.69) is 33.0 Å². The minimum Gasteiger partial charge on any atom is -0.477 e. The van der Waals surface area contributed by atoms with Gasteiger partial charge in [0, 0.05) is 12.2 Å². The van der Waals surface area contributed by atoms with Crippen molar-refractivity contribution >= 4 is 11.9 Å². The summed E-state index contributed by atoms with van der Waals surface area (Å²) in [5, 5.41) is 12.0. The molecule has 1 saturated carbocycles. The number of amides is 1. The molecule has 0 aliphatic heterocycles. The van der Waals surface area contributed by atoms with Crippen LogP contribution in [0.5, 0.6) is 0 Å². The summed E-state index contributed by atoms with van der Waals surface area (Å²) in [6.45, 7) is 8.52. The van der Waals surface area contributed by atoms with Gasteiger partial charge in [0.05, 0.1) is 0 Å². The lowest BCUT2D eigenvalue weighted by Gasteiger charge is -2.09. The zero-order valence-electron chi connectivity index (χ0n) is 11.7. The molecule has 1 aliphatic carbocycles. The van der Waals surface area contributed by atoms with Crippen molar-refractivity contribution in [1.82, 2.24) is 9.88 Å². The van der Waals surface area contributed by atoms with Crippen LogP contribution in [0.2, 0.25) is 0 Å². The number of carboxylic acid groups (broad SMARTS) is 1. The summed E-state index contributed by atoms with van der Waals surface area (Å²) in [6, 6.07) is 3.25. The minimum absolute atomic E-state index is 0.0390. The van der Waals surface area contributed by atoms with E-state index < -0.39 is 5.97 Å². The molecule has 2 N–H and O–H groups in total. The van der Waals surface area contributed by atoms with Gasteiger partial charge >= 0.3 is 5.97 Å². The molecule has 0 unspecified atom stereocenters. The Bertz CT molecular complexity index is 515. The van der Waals surface area contributed by atoms with E-state index in [9.17, 15) is 9.59 Å². The average Bonchev–Trinajstić information content (AvgIpc) is 2.69. The van der Waals surface area contributed by atoms with Crippen LogP contribution >= 0.6 is 0 Å². The van der Waals surface area contributed by atoms with Crippen LogP contribution in [0.3, 0.4) is 0 Å². The van der Waals surface area contributed by atoms with Crippen molar-refractivity contribution in [3.05, 3.63) is 24.0 Å². The number of hydrogen-bond donors (Lipinski definition) is 2. The molecule has 1 aromatic rings. The van der Waals surface area contributed by atoms with Crippen molar-refractivity contribution in [3.63, 3.8) is 0 Å². The van der Waals surface area contributed by atoms with Crippen LogP contribution in [-0.2, 0) is 11.3 Å². The molecule has 1 aromatic heterocycles. The second-order valence-corrected chi connectivity index (χ2v) is 6.27. The SMILES string of the molecule is CC1(C)C(NC(=O)Cn2cccc2C(=O)O)C1(C)C. The Morgan fingerprint density at radius 2 is 1.89 bits per heavy atom. The first-order chi connectivity index (χ1) is 8.68. The third kappa shape index (κ3) is 2.13. The van der Waals surface area contributed by atoms with E-state index in [0.29, 0.717) is 0 Å². The summed E-state index contributed by atoms with van der Waals surface area (Å²) >= 11 is 0. The summed E-state index contributed by atoms with van der Waals surface area (Å²) in [5.41, 5.74) is 0.286. The summed E-state index contributed by atoms with van der Waals surface area (Å²) in [4.78, 5) is 22.9. The molecule has 1 amide bonds. The van der Waals surface area contributed by atoms with Crippen LogP contribution in [0, 0.1) is 10.8 Å². The minimum atomic E-state index is -1.02. The Hall–Kier alpha value is -1.78. The van der Waals surface area contributed by atoms with Crippen LogP contribution in [-0.4, -0.2) is 27.6 Å². The van der Waals surface area contributed by atoms with Gasteiger partial charge < -0.3 is 15.0 Å². The molecule has 5 heteroatoms. The van der Waals surface area contributed by atoms with Crippen molar-refractivity contribution in [2.45, 2.75) is 40.3 Å². The number of aromatic carboxylic acids is 1. The van der Waals surface area contributed by atoms with Crippen LogP contribution < -0.4 is 5.32 Å². The van der Waals surface area contributed by atoms with Crippen LogP contribution in [0.15, 0.2) is 18.3 Å². The van der Waals surface area contributed by atoms with E-state index in [-0.39, 0.29) is 35.0 Å². The second kappa shape index (κ2) is 4.11. The molecule has 19 heavy (non-hydrogen) atoms. The number of hydrogen-bond acceptors (Lipinski definition) is 2. The van der Waals surface area contributed by atoms with Gasteiger partial charge in [-0.05, 0) is 23.0 Å². The molecule has 0 saturated heterocycles. The first kappa shape index (κ1) is 13.6. The quantitative estimate of drug-likeness (QED) is 0.870. The van der Waals surface area contributed by atoms with E-state index in [4.69, 9.17) is 5.11 Å². The Balaban J connectivity index is 2.00. The Morgan fingerprint density at radius 3 is 2.37 bits per heavy atom. The van der Waals surface area contributed by atoms with Gasteiger partial charge in [-0.1, -0.05) is 27.7 Å². The van der Waals surface area contributed by atoms with Gasteiger partial charge in [0.25, 0.3) is 0 Å². The van der Waals surface area contributed by atoms with Gasteiger partial charge in [0.1, 0.15) is 12.2 Å². The van der Waals surface area contributed by atoms with Gasteiger partial charge in [0.15, 0.2) is 0 Å². The fourth-order valence-electron chi connectivity index (χ4n) is 2.66. The van der Waals surface area contributed by atoms with Crippen LogP contribution in [0.1, 0.15) is 38.2 Å². The van der Waals surface area contributed by atoms with Crippen molar-refractivity contribution in [2.75, 3.05) is 0 Å². The Morgan fingerprint density at radius 1 is 1.32 bits per heavy atom. The molecule has 0 bridgehead atoms. The normalized spacial score (nSPS) is 20.0. The maximum atomic E-state index is 12.0. The van der Waals surface area contributed by atoms with E-state index in [0.717, 1.165) is 0 Å². The lowest BCUT2D eigenvalue weighted by Crippen LogP contribution is -2.33. The third-order valence-electron chi connectivity index (χ3n) is 4.69. The van der Waals surface area contributed by atoms with Crippen molar-refractivity contribution < 1.29 is 14.7 Å². The topological polar surface area (TPSA) is 71.3 Å². The number of nitrogens with zero attached hydrogens (tertiary/aromatic N) is 1. The molecular formula is C14H20N2O3. The maximum absolute atomic E-state index is 12.0. The molecule has 1 heterocycles. The number of rotatable bonds is 4. The molecule has 1 aliphatic rings. The first-order valence-electron chi connectivity index (χ1n) is 6.35. The van der Waals surface area contributed by atoms with Crippen molar-refractivity contribution in [1.29, 1.82) is 0 Å². The summed E-state index contributed by atoms with van der Waals surface area (Å²) in [6.07, 6.45) is 1.60. The van der Waals surface area contributed by atoms with Gasteiger partial charge in [-0.3, -0.25) is 4.79 Å². The Kier molecular flexibility index (Phi) is 2.96. The molecule has 0 aromatic carbocycles. The predicted molar refractivity (Wildman–Crippen MR) is 70.9 cm³/mol. The Labute approximate surface area is 112 Å². The molecule has 0 spiro atoms. The van der Waals surface area contributed by atoms with Crippen LogP contribution in [0.4, 0.5) is 0 Å². The maximum Gasteiger partial charge on any atom is 0.352 e. The monoisotopic (exact) mass is 264 g/mol. The van der Waals surface area contributed by atoms with E-state index in [1.165, 1.54) is 10.6 Å². The van der Waals surface area contributed by atoms with Crippen molar-refractivity contribution in [2.24, 2.45) is 10.8 Å². The lowest BCUT2D eigenvalue weighted by molar-refractivity contribution is -0.122. The molecule has 1 fully saturated rings. The first-order valence-corrected chi connectivity index (χ1v) is 6.35. The highest BCUT2D eigenvalue weighted by Crippen LogP contribution is 2.62. The molecule has 5 nitrogen and oxygen atoms in total. The van der Waals surface area contributed by atoms with Crippen LogP contribution in [0.25, 0.3) is 0 Å². The molecular weight excluding hydrogens is 244 g/mol. The molecule has 0 atom stereocenters. The number of carbonyl (C=O) groups excluding carboxylic acids is 1.